The van der Waals surface area contributed by atoms with Crippen LogP contribution in [-0.4, -0.2) is 43.6 Å². The van der Waals surface area contributed by atoms with E-state index in [0.717, 1.165) is 10.5 Å². The molecule has 0 saturated carbocycles. The van der Waals surface area contributed by atoms with Crippen molar-refractivity contribution in [3.63, 3.8) is 0 Å². The summed E-state index contributed by atoms with van der Waals surface area (Å²) in [6, 6.07) is 16.2. The Kier molecular flexibility index (Phi) is 9.61. The second kappa shape index (κ2) is 13.3. The summed E-state index contributed by atoms with van der Waals surface area (Å²) in [5.41, 5.74) is 2.13. The molecule has 10 nitrogen and oxygen atoms in total. The number of barbiturate groups is 1. The van der Waals surface area contributed by atoms with Gasteiger partial charge in [-0.15, -0.1) is 0 Å². The Morgan fingerprint density at radius 2 is 1.68 bits per heavy atom. The highest BCUT2D eigenvalue weighted by Gasteiger charge is 2.37. The summed E-state index contributed by atoms with van der Waals surface area (Å²) >= 11 is 2.03. The lowest BCUT2D eigenvalue weighted by Crippen LogP contribution is -2.54. The molecule has 0 aliphatic carbocycles. The summed E-state index contributed by atoms with van der Waals surface area (Å²) in [5.74, 6) is -0.668. The van der Waals surface area contributed by atoms with Crippen molar-refractivity contribution in [2.24, 2.45) is 0 Å². The number of halogens is 1. The third-order valence-corrected chi connectivity index (χ3v) is 6.72. The number of carbonyl (C=O) groups excluding carboxylic acids is 4. The monoisotopic (exact) mass is 669 g/mol. The normalized spacial score (nSPS) is 14.1. The Bertz CT molecular complexity index is 1520. The van der Waals surface area contributed by atoms with Gasteiger partial charge in [0.05, 0.1) is 22.5 Å². The van der Waals surface area contributed by atoms with Crippen LogP contribution in [0.3, 0.4) is 0 Å². The first-order chi connectivity index (χ1) is 19.7. The summed E-state index contributed by atoms with van der Waals surface area (Å²) in [5, 5.41) is 5.04. The quantitative estimate of drug-likeness (QED) is 0.175. The van der Waals surface area contributed by atoms with Crippen LogP contribution in [0.1, 0.15) is 25.0 Å². The number of aryl methyl sites for hydroxylation is 1. The first kappa shape index (κ1) is 29.6. The van der Waals surface area contributed by atoms with Gasteiger partial charge >= 0.3 is 6.03 Å². The minimum absolute atomic E-state index is 0.233. The van der Waals surface area contributed by atoms with E-state index >= 15 is 0 Å². The molecule has 41 heavy (non-hydrogen) atoms. The molecule has 2 N–H and O–H groups in total. The second-order valence-corrected chi connectivity index (χ2v) is 9.96. The number of para-hydroxylation sites is 1. The molecule has 4 rings (SSSR count). The number of urea groups is 1. The number of anilines is 2. The fourth-order valence-electron chi connectivity index (χ4n) is 4.03. The molecule has 0 unspecified atom stereocenters. The first-order valence-electron chi connectivity index (χ1n) is 12.8. The van der Waals surface area contributed by atoms with E-state index < -0.39 is 17.8 Å². The van der Waals surface area contributed by atoms with Crippen molar-refractivity contribution in [2.45, 2.75) is 20.8 Å². The number of imide groups is 2. The van der Waals surface area contributed by atoms with E-state index in [-0.39, 0.29) is 23.8 Å². The van der Waals surface area contributed by atoms with Gasteiger partial charge in [0.2, 0.25) is 0 Å². The lowest BCUT2D eigenvalue weighted by molar-refractivity contribution is -0.122. The fourth-order valence-corrected chi connectivity index (χ4v) is 4.81. The summed E-state index contributed by atoms with van der Waals surface area (Å²) in [7, 11) is 0. The molecule has 0 bridgehead atoms. The Morgan fingerprint density at radius 3 is 2.37 bits per heavy atom. The van der Waals surface area contributed by atoms with Crippen molar-refractivity contribution in [1.82, 2.24) is 5.32 Å². The van der Waals surface area contributed by atoms with Crippen LogP contribution in [0, 0.1) is 10.5 Å². The predicted molar refractivity (Wildman–Crippen MR) is 162 cm³/mol. The third-order valence-electron chi connectivity index (χ3n) is 5.92. The van der Waals surface area contributed by atoms with Gasteiger partial charge in [0, 0.05) is 5.69 Å². The number of nitrogens with zero attached hydrogens (tertiary/aromatic N) is 1. The van der Waals surface area contributed by atoms with Crippen LogP contribution in [0.25, 0.3) is 6.08 Å². The smallest absolute Gasteiger partial charge is 0.335 e. The molecule has 5 amide bonds. The number of benzene rings is 3. The highest BCUT2D eigenvalue weighted by Crippen LogP contribution is 2.35. The van der Waals surface area contributed by atoms with Crippen LogP contribution in [-0.2, 0) is 14.4 Å². The van der Waals surface area contributed by atoms with E-state index in [0.29, 0.717) is 45.3 Å². The zero-order valence-electron chi connectivity index (χ0n) is 22.7. The molecule has 0 atom stereocenters. The van der Waals surface area contributed by atoms with Gasteiger partial charge in [-0.05, 0) is 103 Å². The molecular formula is C30H28IN3O7. The van der Waals surface area contributed by atoms with Crippen LogP contribution in [0.4, 0.5) is 16.2 Å². The molecule has 0 radical (unpaired) electrons. The maximum atomic E-state index is 13.3. The second-order valence-electron chi connectivity index (χ2n) is 8.80. The average Bonchev–Trinajstić information content (AvgIpc) is 2.93. The van der Waals surface area contributed by atoms with Crippen LogP contribution >= 0.6 is 22.6 Å². The standard InChI is InChI=1S/C30H28IN3O7/c1-4-39-21-12-10-20(11-13-21)34-29(37)22(28(36)33-30(34)38)14-19-15-23(31)27(25(16-19)40-5-2)41-17-26(35)32-24-9-7-6-8-18(24)3/h6-16H,4-5,17H2,1-3H3,(H,32,35)(H,33,36,38)/b22-14+. The molecule has 11 heteroatoms. The zero-order chi connectivity index (χ0) is 29.5. The van der Waals surface area contributed by atoms with Gasteiger partial charge in [0.1, 0.15) is 11.3 Å². The number of rotatable bonds is 10. The Balaban J connectivity index is 1.57. The van der Waals surface area contributed by atoms with Gasteiger partial charge in [-0.1, -0.05) is 18.2 Å². The first-order valence-corrected chi connectivity index (χ1v) is 13.9. The van der Waals surface area contributed by atoms with Crippen molar-refractivity contribution < 1.29 is 33.4 Å². The summed E-state index contributed by atoms with van der Waals surface area (Å²) in [4.78, 5) is 52.0. The van der Waals surface area contributed by atoms with Crippen molar-refractivity contribution >= 4 is 63.8 Å². The highest BCUT2D eigenvalue weighted by atomic mass is 127. The molecule has 1 heterocycles. The van der Waals surface area contributed by atoms with Gasteiger partial charge in [0.25, 0.3) is 17.7 Å². The van der Waals surface area contributed by atoms with E-state index in [1.807, 2.05) is 54.6 Å². The number of carbonyl (C=O) groups is 4. The SMILES string of the molecule is CCOc1ccc(N2C(=O)NC(=O)/C(=C\c3cc(I)c(OCC(=O)Nc4ccccc4C)c(OCC)c3)C2=O)cc1. The lowest BCUT2D eigenvalue weighted by atomic mass is 10.1. The molecule has 3 aromatic rings. The van der Waals surface area contributed by atoms with Gasteiger partial charge in [-0.2, -0.15) is 0 Å². The number of nitrogens with one attached hydrogen (secondary N) is 2. The van der Waals surface area contributed by atoms with Gasteiger partial charge < -0.3 is 19.5 Å². The van der Waals surface area contributed by atoms with E-state index in [9.17, 15) is 19.2 Å². The summed E-state index contributed by atoms with van der Waals surface area (Å²) in [6.45, 7) is 6.05. The summed E-state index contributed by atoms with van der Waals surface area (Å²) < 4.78 is 17.6. The number of hydrogen-bond acceptors (Lipinski definition) is 7. The van der Waals surface area contributed by atoms with E-state index in [1.54, 1.807) is 49.4 Å². The molecule has 0 aromatic heterocycles. The molecular weight excluding hydrogens is 641 g/mol. The van der Waals surface area contributed by atoms with E-state index in [1.165, 1.54) is 6.08 Å². The van der Waals surface area contributed by atoms with Gasteiger partial charge in [0.15, 0.2) is 18.1 Å². The molecule has 212 valence electrons. The number of amides is 5. The molecule has 1 saturated heterocycles. The molecule has 3 aromatic carbocycles. The molecule has 1 aliphatic rings. The van der Waals surface area contributed by atoms with E-state index in [4.69, 9.17) is 14.2 Å². The van der Waals surface area contributed by atoms with Crippen molar-refractivity contribution in [3.05, 3.63) is 80.9 Å². The zero-order valence-corrected chi connectivity index (χ0v) is 24.8. The van der Waals surface area contributed by atoms with E-state index in [2.05, 4.69) is 10.6 Å². The minimum Gasteiger partial charge on any atom is -0.494 e. The van der Waals surface area contributed by atoms with Crippen LogP contribution in [0.5, 0.6) is 17.2 Å². The fraction of sp³-hybridized carbons (Fsp3) is 0.200. The predicted octanol–water partition coefficient (Wildman–Crippen LogP) is 5.08. The summed E-state index contributed by atoms with van der Waals surface area (Å²) in [6.07, 6.45) is 1.38. The van der Waals surface area contributed by atoms with Gasteiger partial charge in [-0.25, -0.2) is 9.69 Å². The Morgan fingerprint density at radius 1 is 0.976 bits per heavy atom. The van der Waals surface area contributed by atoms with Crippen LogP contribution in [0.2, 0.25) is 0 Å². The Labute approximate surface area is 250 Å². The maximum Gasteiger partial charge on any atom is 0.335 e. The Hall–Kier alpha value is -4.39. The minimum atomic E-state index is -0.849. The average molecular weight is 669 g/mol. The lowest BCUT2D eigenvalue weighted by Gasteiger charge is -2.26. The molecule has 1 fully saturated rings. The number of ether oxygens (including phenoxy) is 3. The van der Waals surface area contributed by atoms with Gasteiger partial charge in [-0.3, -0.25) is 19.7 Å². The largest absolute Gasteiger partial charge is 0.494 e. The molecule has 0 spiro atoms. The van der Waals surface area contributed by atoms with Crippen LogP contribution < -0.4 is 29.7 Å². The maximum absolute atomic E-state index is 13.3. The topological polar surface area (TPSA) is 123 Å². The highest BCUT2D eigenvalue weighted by molar-refractivity contribution is 14.1. The van der Waals surface area contributed by atoms with Crippen molar-refractivity contribution in [2.75, 3.05) is 30.0 Å². The van der Waals surface area contributed by atoms with Crippen molar-refractivity contribution in [3.8, 4) is 17.2 Å². The number of hydrogen-bond donors (Lipinski definition) is 2. The van der Waals surface area contributed by atoms with Crippen molar-refractivity contribution in [1.29, 1.82) is 0 Å². The molecule has 1 aliphatic heterocycles. The van der Waals surface area contributed by atoms with Crippen LogP contribution in [0.15, 0.2) is 66.2 Å². The third kappa shape index (κ3) is 7.04.